The van der Waals surface area contributed by atoms with Crippen LogP contribution in [-0.2, 0) is 0 Å². The van der Waals surface area contributed by atoms with Gasteiger partial charge >= 0.3 is 0 Å². The topological polar surface area (TPSA) is 168 Å². The standard InChI is InChI=1S/C62H60B2N2O8/c1-31-32(2)47(51(63)58(70)33(31)3)49-35(5)60(72)54(62(74)61(49)73)66(44-17-13-10-14-18-44)46-29-25-42(26-30-46)40-21-19-39(20-22-40)41-23-27-45(28-24-41)65(43-15-11-9-12-16-43)53-36(6)56(68)50(57(69)37(53)7)48-34(4)55(67)38(8)59(71)52(48)64/h9-13,15-17,19-30,34,36,55-56,67-74H,14,18H2,1-8H3. The molecular formula is C62H60B2N2O8. The number of rotatable bonds is 10. The van der Waals surface area contributed by atoms with Gasteiger partial charge in [0.25, 0.3) is 0 Å². The number of aliphatic hydroxyl groups excluding tert-OH is 4. The molecule has 0 amide bonds. The molecule has 0 aliphatic heterocycles. The summed E-state index contributed by atoms with van der Waals surface area (Å²) >= 11 is 0. The Morgan fingerprint density at radius 1 is 0.500 bits per heavy atom. The summed E-state index contributed by atoms with van der Waals surface area (Å²) in [6.07, 6.45) is 4.98. The number of nitrogens with zero attached hydrogens (tertiary/aromatic N) is 2. The van der Waals surface area contributed by atoms with Gasteiger partial charge in [-0.05, 0) is 158 Å². The average Bonchev–Trinajstić information content (AvgIpc) is 3.42. The number of hydrogen-bond acceptors (Lipinski definition) is 10. The third-order valence-electron chi connectivity index (χ3n) is 15.6. The van der Waals surface area contributed by atoms with Gasteiger partial charge in [-0.15, -0.1) is 0 Å². The molecule has 0 aromatic heterocycles. The van der Waals surface area contributed by atoms with Crippen molar-refractivity contribution in [2.45, 2.75) is 80.4 Å². The maximum atomic E-state index is 12.0. The molecule has 12 heteroatoms. The number of anilines is 4. The molecule has 9 rings (SSSR count). The molecule has 6 aromatic carbocycles. The number of aliphatic hydroxyl groups is 4. The fourth-order valence-electron chi connectivity index (χ4n) is 11.0. The Labute approximate surface area is 435 Å². The normalized spacial score (nSPS) is 19.1. The average molecular weight is 983 g/mol. The van der Waals surface area contributed by atoms with E-state index in [1.165, 1.54) is 0 Å². The molecule has 0 saturated heterocycles. The van der Waals surface area contributed by atoms with E-state index < -0.39 is 35.5 Å². The first-order chi connectivity index (χ1) is 35.3. The van der Waals surface area contributed by atoms with E-state index in [-0.39, 0.29) is 56.3 Å². The highest BCUT2D eigenvalue weighted by Crippen LogP contribution is 2.55. The van der Waals surface area contributed by atoms with Crippen molar-refractivity contribution in [3.8, 4) is 56.4 Å². The number of allylic oxidation sites excluding steroid dienone is 6. The van der Waals surface area contributed by atoms with Crippen molar-refractivity contribution in [3.05, 3.63) is 194 Å². The summed E-state index contributed by atoms with van der Waals surface area (Å²) in [5.41, 5.74) is 11.9. The summed E-state index contributed by atoms with van der Waals surface area (Å²) in [5.74, 6) is -2.89. The van der Waals surface area contributed by atoms with Gasteiger partial charge in [-0.2, -0.15) is 0 Å². The first-order valence-electron chi connectivity index (χ1n) is 24.8. The zero-order valence-electron chi connectivity index (χ0n) is 42.9. The second-order valence-corrected chi connectivity index (χ2v) is 19.8. The predicted octanol–water partition coefficient (Wildman–Crippen LogP) is 12.4. The van der Waals surface area contributed by atoms with Gasteiger partial charge in [0, 0.05) is 62.6 Å². The quantitative estimate of drug-likeness (QED) is 0.0376. The van der Waals surface area contributed by atoms with Crippen LogP contribution in [-0.4, -0.2) is 68.8 Å². The van der Waals surface area contributed by atoms with Crippen LogP contribution in [0.25, 0.3) is 33.4 Å². The van der Waals surface area contributed by atoms with E-state index in [2.05, 4.69) is 12.1 Å². The smallest absolute Gasteiger partial charge is 0.186 e. The van der Waals surface area contributed by atoms with Gasteiger partial charge in [0.05, 0.1) is 12.2 Å². The van der Waals surface area contributed by atoms with Crippen LogP contribution in [0.4, 0.5) is 22.7 Å². The van der Waals surface area contributed by atoms with Gasteiger partial charge in [-0.25, -0.2) is 0 Å². The number of phenolic OH excluding ortho intramolecular Hbond substituents is 4. The second-order valence-electron chi connectivity index (χ2n) is 19.8. The van der Waals surface area contributed by atoms with Gasteiger partial charge in [-0.1, -0.05) is 98.2 Å². The lowest BCUT2D eigenvalue weighted by atomic mass is 9.68. The summed E-state index contributed by atoms with van der Waals surface area (Å²) in [5, 5.41) is 92.3. The van der Waals surface area contributed by atoms with Crippen LogP contribution >= 0.6 is 0 Å². The number of aromatic hydroxyl groups is 4. The van der Waals surface area contributed by atoms with E-state index in [9.17, 15) is 40.9 Å². The van der Waals surface area contributed by atoms with E-state index in [1.54, 1.807) is 39.5 Å². The molecule has 3 aliphatic rings. The highest BCUT2D eigenvalue weighted by molar-refractivity contribution is 6.38. The van der Waals surface area contributed by atoms with Crippen molar-refractivity contribution >= 4 is 43.9 Å². The molecule has 0 bridgehead atoms. The number of para-hydroxylation sites is 1. The van der Waals surface area contributed by atoms with Crippen LogP contribution in [0.5, 0.6) is 23.0 Å². The molecule has 0 saturated carbocycles. The first kappa shape index (κ1) is 51.1. The molecule has 372 valence electrons. The van der Waals surface area contributed by atoms with Crippen LogP contribution < -0.4 is 15.3 Å². The Hall–Kier alpha value is -7.79. The van der Waals surface area contributed by atoms with Crippen molar-refractivity contribution in [1.29, 1.82) is 0 Å². The largest absolute Gasteiger partial charge is 0.509 e. The summed E-state index contributed by atoms with van der Waals surface area (Å²) in [6.45, 7) is 14.2. The van der Waals surface area contributed by atoms with E-state index in [0.29, 0.717) is 51.2 Å². The first-order valence-corrected chi connectivity index (χ1v) is 24.8. The highest BCUT2D eigenvalue weighted by atomic mass is 16.3. The van der Waals surface area contributed by atoms with Crippen LogP contribution in [0.2, 0.25) is 0 Å². The van der Waals surface area contributed by atoms with Crippen LogP contribution in [0.15, 0.2) is 172 Å². The molecule has 4 radical (unpaired) electrons. The van der Waals surface area contributed by atoms with Crippen LogP contribution in [0, 0.1) is 39.5 Å². The highest BCUT2D eigenvalue weighted by Gasteiger charge is 2.42. The summed E-state index contributed by atoms with van der Waals surface area (Å²) < 4.78 is 0. The van der Waals surface area contributed by atoms with Crippen molar-refractivity contribution in [2.24, 2.45) is 11.8 Å². The third kappa shape index (κ3) is 8.45. The monoisotopic (exact) mass is 982 g/mol. The van der Waals surface area contributed by atoms with Gasteiger partial charge in [0.2, 0.25) is 0 Å². The zero-order valence-corrected chi connectivity index (χ0v) is 42.9. The van der Waals surface area contributed by atoms with Crippen molar-refractivity contribution in [2.75, 3.05) is 9.80 Å². The minimum absolute atomic E-state index is 0.0237. The van der Waals surface area contributed by atoms with E-state index >= 15 is 0 Å². The Bertz CT molecular complexity index is 3370. The fourth-order valence-corrected chi connectivity index (χ4v) is 11.0. The molecule has 8 N–H and O–H groups in total. The van der Waals surface area contributed by atoms with Crippen LogP contribution in [0.1, 0.15) is 62.8 Å². The molecule has 74 heavy (non-hydrogen) atoms. The number of phenols is 4. The Balaban J connectivity index is 1.02. The fraction of sp³-hybridized carbons (Fsp3) is 0.226. The molecule has 0 heterocycles. The summed E-state index contributed by atoms with van der Waals surface area (Å²) in [4.78, 5) is 3.80. The van der Waals surface area contributed by atoms with Gasteiger partial charge in [0.15, 0.2) is 11.5 Å². The van der Waals surface area contributed by atoms with E-state index in [4.69, 9.17) is 15.7 Å². The number of hydrogen-bond donors (Lipinski definition) is 8. The maximum Gasteiger partial charge on any atom is 0.186 e. The molecule has 6 aromatic rings. The minimum Gasteiger partial charge on any atom is -0.509 e. The molecular weight excluding hydrogens is 922 g/mol. The summed E-state index contributed by atoms with van der Waals surface area (Å²) in [6, 6.07) is 33.8. The van der Waals surface area contributed by atoms with E-state index in [0.717, 1.165) is 51.3 Å². The lowest BCUT2D eigenvalue weighted by Crippen LogP contribution is -2.39. The summed E-state index contributed by atoms with van der Waals surface area (Å²) in [7, 11) is 12.9. The Morgan fingerprint density at radius 3 is 1.57 bits per heavy atom. The Kier molecular flexibility index (Phi) is 13.8. The number of benzene rings is 6. The van der Waals surface area contributed by atoms with Crippen LogP contribution in [0.3, 0.4) is 0 Å². The Morgan fingerprint density at radius 2 is 1.03 bits per heavy atom. The SMILES string of the molecule is [B]C1=C(C2=C(O)C(C)=C(N(c3ccccc3)c3ccc(-c4ccc(-c5ccc(N(C6=CC=CCC6)c6c(O)c(C)c(-c7c([B])c(O)c(C)c(C)c7C)c(O)c6O)cc5)cc4)cc3)C(C)C2O)C(C)C(O)C(C)=C1O. The maximum absolute atomic E-state index is 12.0. The molecule has 4 atom stereocenters. The van der Waals surface area contributed by atoms with Gasteiger partial charge in [-0.3, -0.25) is 0 Å². The van der Waals surface area contributed by atoms with Gasteiger partial charge in [0.1, 0.15) is 44.4 Å². The minimum atomic E-state index is -1.22. The van der Waals surface area contributed by atoms with Crippen molar-refractivity contribution in [3.63, 3.8) is 0 Å². The lowest BCUT2D eigenvalue weighted by Gasteiger charge is -2.41. The molecule has 4 unspecified atom stereocenters. The van der Waals surface area contributed by atoms with Crippen molar-refractivity contribution in [1.82, 2.24) is 0 Å². The van der Waals surface area contributed by atoms with Gasteiger partial charge < -0.3 is 50.7 Å². The molecule has 0 fully saturated rings. The molecule has 0 spiro atoms. The third-order valence-corrected chi connectivity index (χ3v) is 15.6. The van der Waals surface area contributed by atoms with Crippen molar-refractivity contribution < 1.29 is 40.9 Å². The molecule has 3 aliphatic carbocycles. The van der Waals surface area contributed by atoms with E-state index in [1.807, 2.05) is 135 Å². The lowest BCUT2D eigenvalue weighted by molar-refractivity contribution is 0.138. The zero-order chi connectivity index (χ0) is 53.2. The predicted molar refractivity (Wildman–Crippen MR) is 298 cm³/mol. The second kappa shape index (κ2) is 19.9. The molecule has 10 nitrogen and oxygen atoms in total.